The van der Waals surface area contributed by atoms with Gasteiger partial charge in [0.1, 0.15) is 0 Å². The maximum atomic E-state index is 2.34. The average molecular weight is 316 g/mol. The Balaban J connectivity index is 2.13. The van der Waals surface area contributed by atoms with Crippen molar-refractivity contribution in [3.8, 4) is 10.4 Å². The largest absolute Gasteiger partial charge is 0.144 e. The molecule has 0 fully saturated rings. The molecule has 0 saturated carbocycles. The molecule has 0 aliphatic rings. The third kappa shape index (κ3) is 2.55. The van der Waals surface area contributed by atoms with Crippen molar-refractivity contribution in [3.05, 3.63) is 71.6 Å². The standard InChI is InChI=1S/C22H20S/c1-2-3-8-16-10-6-11-18-15-17-9-4-5-12-19(17)22(21(16)18)20-13-7-14-23-20/h4-7,9-15H,2-3,8H2,1H3. The molecule has 0 atom stereocenters. The predicted octanol–water partition coefficient (Wildman–Crippen LogP) is 7.06. The fourth-order valence-electron chi connectivity index (χ4n) is 3.45. The molecule has 0 aliphatic carbocycles. The molecule has 1 heterocycles. The SMILES string of the molecule is CCCCc1cccc2cc3ccccc3c(-c3cccs3)c12. The minimum absolute atomic E-state index is 1.16. The van der Waals surface area contributed by atoms with Gasteiger partial charge in [-0.2, -0.15) is 0 Å². The zero-order valence-electron chi connectivity index (χ0n) is 13.4. The lowest BCUT2D eigenvalue weighted by Crippen LogP contribution is -1.91. The molecular weight excluding hydrogens is 296 g/mol. The molecular formula is C22H20S. The van der Waals surface area contributed by atoms with Crippen LogP contribution in [0.3, 0.4) is 0 Å². The molecule has 0 nitrogen and oxygen atoms in total. The molecule has 3 aromatic carbocycles. The van der Waals surface area contributed by atoms with Crippen LogP contribution in [0.25, 0.3) is 32.0 Å². The highest BCUT2D eigenvalue weighted by atomic mass is 32.1. The number of hydrogen-bond donors (Lipinski definition) is 0. The second-order valence-corrected chi connectivity index (χ2v) is 7.02. The summed E-state index contributed by atoms with van der Waals surface area (Å²) in [5.74, 6) is 0. The zero-order valence-corrected chi connectivity index (χ0v) is 14.2. The van der Waals surface area contributed by atoms with Crippen LogP contribution in [-0.4, -0.2) is 0 Å². The third-order valence-electron chi connectivity index (χ3n) is 4.54. The molecule has 0 saturated heterocycles. The normalized spacial score (nSPS) is 11.3. The summed E-state index contributed by atoms with van der Waals surface area (Å²) < 4.78 is 0. The average Bonchev–Trinajstić information content (AvgIpc) is 3.12. The molecule has 0 amide bonds. The van der Waals surface area contributed by atoms with Crippen LogP contribution in [0, 0.1) is 0 Å². The Morgan fingerprint density at radius 3 is 2.57 bits per heavy atom. The van der Waals surface area contributed by atoms with Gasteiger partial charge in [0.05, 0.1) is 0 Å². The fraction of sp³-hybridized carbons (Fsp3) is 0.182. The van der Waals surface area contributed by atoms with E-state index in [1.807, 2.05) is 11.3 Å². The van der Waals surface area contributed by atoms with E-state index in [1.54, 1.807) is 0 Å². The van der Waals surface area contributed by atoms with Gasteiger partial charge in [0, 0.05) is 10.4 Å². The van der Waals surface area contributed by atoms with E-state index in [0.717, 1.165) is 6.42 Å². The van der Waals surface area contributed by atoms with Crippen LogP contribution in [0.2, 0.25) is 0 Å². The van der Waals surface area contributed by atoms with Gasteiger partial charge < -0.3 is 0 Å². The van der Waals surface area contributed by atoms with Crippen LogP contribution in [-0.2, 0) is 6.42 Å². The van der Waals surface area contributed by atoms with Crippen molar-refractivity contribution in [3.63, 3.8) is 0 Å². The van der Waals surface area contributed by atoms with Gasteiger partial charge in [0.2, 0.25) is 0 Å². The summed E-state index contributed by atoms with van der Waals surface area (Å²) in [5, 5.41) is 7.68. The highest BCUT2D eigenvalue weighted by Crippen LogP contribution is 2.40. The molecule has 4 aromatic rings. The third-order valence-corrected chi connectivity index (χ3v) is 5.43. The summed E-state index contributed by atoms with van der Waals surface area (Å²) in [5.41, 5.74) is 2.90. The van der Waals surface area contributed by atoms with E-state index < -0.39 is 0 Å². The molecule has 4 rings (SSSR count). The van der Waals surface area contributed by atoms with Crippen molar-refractivity contribution in [2.75, 3.05) is 0 Å². The monoisotopic (exact) mass is 316 g/mol. The first-order valence-corrected chi connectivity index (χ1v) is 9.23. The zero-order chi connectivity index (χ0) is 15.6. The van der Waals surface area contributed by atoms with E-state index in [2.05, 4.69) is 73.0 Å². The van der Waals surface area contributed by atoms with E-state index in [-0.39, 0.29) is 0 Å². The summed E-state index contributed by atoms with van der Waals surface area (Å²) >= 11 is 1.84. The molecule has 1 aromatic heterocycles. The van der Waals surface area contributed by atoms with Gasteiger partial charge in [-0.3, -0.25) is 0 Å². The van der Waals surface area contributed by atoms with E-state index in [4.69, 9.17) is 0 Å². The summed E-state index contributed by atoms with van der Waals surface area (Å²) in [6.07, 6.45) is 3.64. The Hall–Kier alpha value is -2.12. The Morgan fingerprint density at radius 2 is 1.74 bits per heavy atom. The molecule has 0 radical (unpaired) electrons. The van der Waals surface area contributed by atoms with Gasteiger partial charge in [-0.05, 0) is 57.5 Å². The Morgan fingerprint density at radius 1 is 0.870 bits per heavy atom. The summed E-state index contributed by atoms with van der Waals surface area (Å²) in [6.45, 7) is 2.26. The first kappa shape index (κ1) is 14.5. The van der Waals surface area contributed by atoms with Crippen molar-refractivity contribution in [2.45, 2.75) is 26.2 Å². The Kier molecular flexibility index (Phi) is 3.88. The smallest absolute Gasteiger partial charge is 0.0355 e. The topological polar surface area (TPSA) is 0 Å². The van der Waals surface area contributed by atoms with E-state index >= 15 is 0 Å². The molecule has 0 N–H and O–H groups in total. The Labute approximate surface area is 141 Å². The van der Waals surface area contributed by atoms with Crippen molar-refractivity contribution in [1.29, 1.82) is 0 Å². The lowest BCUT2D eigenvalue weighted by Gasteiger charge is -2.14. The van der Waals surface area contributed by atoms with E-state index in [0.29, 0.717) is 0 Å². The molecule has 0 spiro atoms. The maximum absolute atomic E-state index is 2.34. The van der Waals surface area contributed by atoms with Gasteiger partial charge >= 0.3 is 0 Å². The summed E-state index contributed by atoms with van der Waals surface area (Å²) in [7, 11) is 0. The predicted molar refractivity (Wildman–Crippen MR) is 103 cm³/mol. The number of hydrogen-bond acceptors (Lipinski definition) is 1. The highest BCUT2D eigenvalue weighted by Gasteiger charge is 2.13. The van der Waals surface area contributed by atoms with Crippen molar-refractivity contribution >= 4 is 32.9 Å². The number of rotatable bonds is 4. The van der Waals surface area contributed by atoms with Crippen LogP contribution in [0.5, 0.6) is 0 Å². The minimum Gasteiger partial charge on any atom is -0.144 e. The summed E-state index contributed by atoms with van der Waals surface area (Å²) in [6, 6.07) is 22.3. The summed E-state index contributed by atoms with van der Waals surface area (Å²) in [4.78, 5) is 1.37. The molecule has 0 bridgehead atoms. The van der Waals surface area contributed by atoms with Crippen molar-refractivity contribution in [2.24, 2.45) is 0 Å². The molecule has 0 aliphatic heterocycles. The van der Waals surface area contributed by atoms with Crippen LogP contribution in [0.4, 0.5) is 0 Å². The Bertz CT molecular complexity index is 948. The number of aryl methyl sites for hydroxylation is 1. The maximum Gasteiger partial charge on any atom is 0.0355 e. The van der Waals surface area contributed by atoms with Crippen LogP contribution in [0.15, 0.2) is 66.0 Å². The van der Waals surface area contributed by atoms with Crippen LogP contribution in [0.1, 0.15) is 25.3 Å². The van der Waals surface area contributed by atoms with E-state index in [9.17, 15) is 0 Å². The molecule has 23 heavy (non-hydrogen) atoms. The van der Waals surface area contributed by atoms with Gasteiger partial charge in [0.15, 0.2) is 0 Å². The second kappa shape index (κ2) is 6.17. The fourth-order valence-corrected chi connectivity index (χ4v) is 4.24. The first-order valence-electron chi connectivity index (χ1n) is 8.35. The van der Waals surface area contributed by atoms with Gasteiger partial charge in [-0.25, -0.2) is 0 Å². The van der Waals surface area contributed by atoms with Crippen molar-refractivity contribution in [1.82, 2.24) is 0 Å². The van der Waals surface area contributed by atoms with Crippen molar-refractivity contribution < 1.29 is 0 Å². The van der Waals surface area contributed by atoms with E-state index in [1.165, 1.54) is 50.4 Å². The van der Waals surface area contributed by atoms with Crippen LogP contribution < -0.4 is 0 Å². The molecule has 114 valence electrons. The second-order valence-electron chi connectivity index (χ2n) is 6.07. The first-order chi connectivity index (χ1) is 11.4. The number of fused-ring (bicyclic) bond motifs is 2. The molecule has 1 heteroatoms. The number of thiophene rings is 1. The minimum atomic E-state index is 1.16. The number of unbranched alkanes of at least 4 members (excludes halogenated alkanes) is 1. The van der Waals surface area contributed by atoms with Gasteiger partial charge in [-0.1, -0.05) is 61.9 Å². The quantitative estimate of drug-likeness (QED) is 0.353. The lowest BCUT2D eigenvalue weighted by molar-refractivity contribution is 0.799. The van der Waals surface area contributed by atoms with Crippen LogP contribution >= 0.6 is 11.3 Å². The lowest BCUT2D eigenvalue weighted by atomic mass is 9.91. The van der Waals surface area contributed by atoms with Gasteiger partial charge in [0.25, 0.3) is 0 Å². The number of benzene rings is 3. The molecule has 0 unspecified atom stereocenters. The highest BCUT2D eigenvalue weighted by molar-refractivity contribution is 7.13. The van der Waals surface area contributed by atoms with Gasteiger partial charge in [-0.15, -0.1) is 11.3 Å².